The second-order valence-electron chi connectivity index (χ2n) is 3.53. The van der Waals surface area contributed by atoms with E-state index >= 15 is 0 Å². The molecule has 88 valence electrons. The molecule has 0 aromatic heterocycles. The lowest BCUT2D eigenvalue weighted by molar-refractivity contribution is -0.137. The Morgan fingerprint density at radius 1 is 1.44 bits per heavy atom. The molecule has 16 heavy (non-hydrogen) atoms. The lowest BCUT2D eigenvalue weighted by Crippen LogP contribution is -2.22. The third-order valence-corrected chi connectivity index (χ3v) is 3.60. The van der Waals surface area contributed by atoms with Gasteiger partial charge in [-0.15, -0.1) is 11.8 Å². The van der Waals surface area contributed by atoms with Crippen molar-refractivity contribution in [2.75, 3.05) is 12.9 Å². The van der Waals surface area contributed by atoms with Gasteiger partial charge in [0, 0.05) is 11.3 Å². The van der Waals surface area contributed by atoms with E-state index < -0.39 is 0 Å². The van der Waals surface area contributed by atoms with E-state index in [2.05, 4.69) is 4.74 Å². The predicted octanol–water partition coefficient (Wildman–Crippen LogP) is 1.98. The molecule has 0 saturated carbocycles. The Morgan fingerprint density at radius 3 is 2.62 bits per heavy atom. The molecule has 0 radical (unpaired) electrons. The lowest BCUT2D eigenvalue weighted by atomic mass is 10.1. The first-order valence-corrected chi connectivity index (χ1v) is 6.19. The van der Waals surface area contributed by atoms with Gasteiger partial charge in [-0.1, -0.05) is 37.3 Å². The number of esters is 1. The summed E-state index contributed by atoms with van der Waals surface area (Å²) in [5, 5.41) is 0.182. The molecular formula is C12H17NO2S. The summed E-state index contributed by atoms with van der Waals surface area (Å²) in [5.74, 6) is 0.134. The van der Waals surface area contributed by atoms with Gasteiger partial charge in [-0.2, -0.15) is 0 Å². The Labute approximate surface area is 100 Å². The molecule has 0 bridgehead atoms. The van der Waals surface area contributed by atoms with Crippen molar-refractivity contribution in [3.63, 3.8) is 0 Å². The van der Waals surface area contributed by atoms with E-state index in [0.717, 1.165) is 5.56 Å². The molecule has 2 N–H and O–H groups in total. The molecule has 1 aromatic rings. The number of rotatable bonds is 5. The number of benzene rings is 1. The molecule has 1 aromatic carbocycles. The molecule has 2 unspecified atom stereocenters. The fourth-order valence-corrected chi connectivity index (χ4v) is 2.19. The second-order valence-corrected chi connectivity index (χ2v) is 4.89. The molecule has 0 amide bonds. The Kier molecular flexibility index (Phi) is 5.35. The van der Waals surface area contributed by atoms with Crippen LogP contribution in [0.5, 0.6) is 0 Å². The van der Waals surface area contributed by atoms with Crippen molar-refractivity contribution in [2.45, 2.75) is 18.2 Å². The van der Waals surface area contributed by atoms with E-state index in [4.69, 9.17) is 5.73 Å². The zero-order valence-corrected chi connectivity index (χ0v) is 10.4. The van der Waals surface area contributed by atoms with Gasteiger partial charge in [0.1, 0.15) is 0 Å². The van der Waals surface area contributed by atoms with Crippen LogP contribution < -0.4 is 5.73 Å². The van der Waals surface area contributed by atoms with Crippen LogP contribution >= 0.6 is 11.8 Å². The molecule has 3 nitrogen and oxygen atoms in total. The first-order valence-electron chi connectivity index (χ1n) is 5.14. The topological polar surface area (TPSA) is 52.3 Å². The van der Waals surface area contributed by atoms with Crippen molar-refractivity contribution in [2.24, 2.45) is 5.73 Å². The molecule has 0 fully saturated rings. The molecule has 0 heterocycles. The summed E-state index contributed by atoms with van der Waals surface area (Å²) in [4.78, 5) is 11.0. The summed E-state index contributed by atoms with van der Waals surface area (Å²) >= 11 is 1.51. The van der Waals surface area contributed by atoms with Crippen molar-refractivity contribution in [1.29, 1.82) is 0 Å². The molecule has 2 atom stereocenters. The minimum absolute atomic E-state index is 0.0594. The Bertz CT molecular complexity index is 329. The van der Waals surface area contributed by atoms with Crippen LogP contribution in [-0.4, -0.2) is 24.1 Å². The minimum atomic E-state index is -0.211. The number of carbonyl (C=O) groups is 1. The van der Waals surface area contributed by atoms with Crippen molar-refractivity contribution in [3.05, 3.63) is 35.9 Å². The number of ether oxygens (including phenoxy) is 1. The number of hydrogen-bond acceptors (Lipinski definition) is 4. The van der Waals surface area contributed by atoms with Crippen molar-refractivity contribution < 1.29 is 9.53 Å². The quantitative estimate of drug-likeness (QED) is 0.798. The molecular weight excluding hydrogens is 222 g/mol. The zero-order valence-electron chi connectivity index (χ0n) is 9.55. The Morgan fingerprint density at radius 2 is 2.06 bits per heavy atom. The van der Waals surface area contributed by atoms with Crippen molar-refractivity contribution in [3.8, 4) is 0 Å². The number of carbonyl (C=O) groups excluding carboxylic acids is 1. The Hall–Kier alpha value is -1.00. The smallest absolute Gasteiger partial charge is 0.315 e. The standard InChI is InChI=1S/C12H17NO2S/c1-9(16-8-11(14)15-2)12(13)10-6-4-3-5-7-10/h3-7,9,12H,8,13H2,1-2H3. The molecule has 1 rings (SSSR count). The highest BCUT2D eigenvalue weighted by molar-refractivity contribution is 8.00. The van der Waals surface area contributed by atoms with E-state index in [1.54, 1.807) is 0 Å². The van der Waals surface area contributed by atoms with E-state index in [1.165, 1.54) is 18.9 Å². The second kappa shape index (κ2) is 6.55. The van der Waals surface area contributed by atoms with Crippen LogP contribution in [0.4, 0.5) is 0 Å². The highest BCUT2D eigenvalue weighted by Gasteiger charge is 2.16. The van der Waals surface area contributed by atoms with E-state index in [1.807, 2.05) is 37.3 Å². The normalized spacial score (nSPS) is 14.2. The maximum atomic E-state index is 11.0. The van der Waals surface area contributed by atoms with Crippen molar-refractivity contribution in [1.82, 2.24) is 0 Å². The monoisotopic (exact) mass is 239 g/mol. The molecule has 0 aliphatic carbocycles. The van der Waals surface area contributed by atoms with Gasteiger partial charge in [0.05, 0.1) is 12.9 Å². The highest BCUT2D eigenvalue weighted by Crippen LogP contribution is 2.24. The minimum Gasteiger partial charge on any atom is -0.468 e. The van der Waals surface area contributed by atoms with Gasteiger partial charge in [0.25, 0.3) is 0 Å². The fourth-order valence-electron chi connectivity index (χ4n) is 1.31. The summed E-state index contributed by atoms with van der Waals surface area (Å²) < 4.78 is 4.59. The molecule has 0 aliphatic heterocycles. The first kappa shape index (κ1) is 13.1. The van der Waals surface area contributed by atoms with E-state index in [9.17, 15) is 4.79 Å². The van der Waals surface area contributed by atoms with Gasteiger partial charge in [-0.05, 0) is 5.56 Å². The highest BCUT2D eigenvalue weighted by atomic mass is 32.2. The van der Waals surface area contributed by atoms with E-state index in [0.29, 0.717) is 5.75 Å². The van der Waals surface area contributed by atoms with Crippen LogP contribution in [-0.2, 0) is 9.53 Å². The summed E-state index contributed by atoms with van der Waals surface area (Å²) in [5.41, 5.74) is 7.18. The van der Waals surface area contributed by atoms with E-state index in [-0.39, 0.29) is 17.3 Å². The predicted molar refractivity (Wildman–Crippen MR) is 67.3 cm³/mol. The van der Waals surface area contributed by atoms with Crippen LogP contribution in [0.15, 0.2) is 30.3 Å². The maximum absolute atomic E-state index is 11.0. The largest absolute Gasteiger partial charge is 0.468 e. The fraction of sp³-hybridized carbons (Fsp3) is 0.417. The molecule has 0 saturated heterocycles. The maximum Gasteiger partial charge on any atom is 0.315 e. The molecule has 0 aliphatic rings. The van der Waals surface area contributed by atoms with Crippen LogP contribution in [0.1, 0.15) is 18.5 Å². The number of thioether (sulfide) groups is 1. The summed E-state index contributed by atoms with van der Waals surface area (Å²) in [6.07, 6.45) is 0. The third-order valence-electron chi connectivity index (χ3n) is 2.38. The average Bonchev–Trinajstić information content (AvgIpc) is 2.35. The number of nitrogens with two attached hydrogens (primary N) is 1. The van der Waals surface area contributed by atoms with Gasteiger partial charge in [0.15, 0.2) is 0 Å². The summed E-state index contributed by atoms with van der Waals surface area (Å²) in [6, 6.07) is 9.83. The lowest BCUT2D eigenvalue weighted by Gasteiger charge is -2.19. The Balaban J connectivity index is 2.48. The number of hydrogen-bond donors (Lipinski definition) is 1. The SMILES string of the molecule is COC(=O)CSC(C)C(N)c1ccccc1. The number of methoxy groups -OCH3 is 1. The summed E-state index contributed by atoms with van der Waals surface area (Å²) in [6.45, 7) is 2.02. The van der Waals surface area contributed by atoms with Crippen LogP contribution in [0.2, 0.25) is 0 Å². The van der Waals surface area contributed by atoms with Crippen LogP contribution in [0.25, 0.3) is 0 Å². The summed E-state index contributed by atoms with van der Waals surface area (Å²) in [7, 11) is 1.39. The molecule has 4 heteroatoms. The van der Waals surface area contributed by atoms with Gasteiger partial charge in [-0.25, -0.2) is 0 Å². The van der Waals surface area contributed by atoms with Crippen LogP contribution in [0, 0.1) is 0 Å². The third kappa shape index (κ3) is 3.87. The van der Waals surface area contributed by atoms with Gasteiger partial charge in [-0.3, -0.25) is 4.79 Å². The zero-order chi connectivity index (χ0) is 12.0. The van der Waals surface area contributed by atoms with Crippen LogP contribution in [0.3, 0.4) is 0 Å². The average molecular weight is 239 g/mol. The molecule has 0 spiro atoms. The van der Waals surface area contributed by atoms with Crippen molar-refractivity contribution >= 4 is 17.7 Å². The van der Waals surface area contributed by atoms with Gasteiger partial charge in [0.2, 0.25) is 0 Å². The first-order chi connectivity index (χ1) is 7.65. The van der Waals surface area contributed by atoms with Gasteiger partial charge >= 0.3 is 5.97 Å². The van der Waals surface area contributed by atoms with Gasteiger partial charge < -0.3 is 10.5 Å².